The van der Waals surface area contributed by atoms with Gasteiger partial charge in [-0.15, -0.1) is 10.1 Å². The van der Waals surface area contributed by atoms with Crippen LogP contribution in [0, 0.1) is 5.92 Å². The van der Waals surface area contributed by atoms with E-state index in [2.05, 4.69) is 15.0 Å². The Kier molecular flexibility index (Phi) is 4.57. The van der Waals surface area contributed by atoms with E-state index in [1.54, 1.807) is 0 Å². The molecule has 0 aliphatic carbocycles. The molecule has 124 valence electrons. The van der Waals surface area contributed by atoms with Gasteiger partial charge in [0.25, 0.3) is 23.6 Å². The number of hydroxylamine groups is 4. The van der Waals surface area contributed by atoms with Gasteiger partial charge in [-0.1, -0.05) is 0 Å². The maximum atomic E-state index is 11.9. The van der Waals surface area contributed by atoms with Crippen molar-refractivity contribution < 1.29 is 38.4 Å². The van der Waals surface area contributed by atoms with Gasteiger partial charge in [0.2, 0.25) is 0 Å². The van der Waals surface area contributed by atoms with Gasteiger partial charge in [-0.2, -0.15) is 0 Å². The lowest BCUT2D eigenvalue weighted by Crippen LogP contribution is -2.37. The average Bonchev–Trinajstić information content (AvgIpc) is 2.94. The van der Waals surface area contributed by atoms with Crippen molar-refractivity contribution in [2.75, 3.05) is 7.05 Å². The van der Waals surface area contributed by atoms with Crippen LogP contribution < -0.4 is 5.32 Å². The molecule has 2 rings (SSSR count). The molecular formula is C12H13N3O8. The molecule has 0 bridgehead atoms. The highest BCUT2D eigenvalue weighted by molar-refractivity contribution is 6.05. The van der Waals surface area contributed by atoms with Crippen LogP contribution in [-0.2, 0) is 33.6 Å². The predicted octanol–water partition coefficient (Wildman–Crippen LogP) is -1.37. The third-order valence-corrected chi connectivity index (χ3v) is 3.19. The maximum Gasteiger partial charge on any atom is 0.431 e. The Hall–Kier alpha value is -2.98. The molecule has 0 aromatic rings. The third kappa shape index (κ3) is 3.44. The molecule has 0 spiro atoms. The molecule has 11 nitrogen and oxygen atoms in total. The van der Waals surface area contributed by atoms with Crippen molar-refractivity contribution in [3.8, 4) is 0 Å². The summed E-state index contributed by atoms with van der Waals surface area (Å²) in [6.45, 7) is 0. The van der Waals surface area contributed by atoms with Crippen LogP contribution in [0.1, 0.15) is 25.7 Å². The lowest BCUT2D eigenvalue weighted by molar-refractivity contribution is -0.198. The minimum absolute atomic E-state index is 0.0549. The van der Waals surface area contributed by atoms with Crippen LogP contribution in [0.4, 0.5) is 4.79 Å². The topological polar surface area (TPSA) is 139 Å². The van der Waals surface area contributed by atoms with Gasteiger partial charge < -0.3 is 15.0 Å². The lowest BCUT2D eigenvalue weighted by atomic mass is 10.0. The zero-order valence-electron chi connectivity index (χ0n) is 12.1. The van der Waals surface area contributed by atoms with Gasteiger partial charge in [-0.3, -0.25) is 19.2 Å². The lowest BCUT2D eigenvalue weighted by Gasteiger charge is -2.14. The van der Waals surface area contributed by atoms with Crippen LogP contribution >= 0.6 is 0 Å². The van der Waals surface area contributed by atoms with Crippen LogP contribution in [0.15, 0.2) is 0 Å². The number of imide groups is 2. The monoisotopic (exact) mass is 327 g/mol. The van der Waals surface area contributed by atoms with Gasteiger partial charge in [0, 0.05) is 26.3 Å². The van der Waals surface area contributed by atoms with Gasteiger partial charge >= 0.3 is 12.1 Å². The summed E-state index contributed by atoms with van der Waals surface area (Å²) in [5.41, 5.74) is 0. The van der Waals surface area contributed by atoms with E-state index in [0.29, 0.717) is 5.06 Å². The van der Waals surface area contributed by atoms with E-state index in [-0.39, 0.29) is 24.3 Å². The first-order valence-corrected chi connectivity index (χ1v) is 6.66. The Morgan fingerprint density at radius 1 is 1.04 bits per heavy atom. The molecule has 0 saturated carbocycles. The largest absolute Gasteiger partial charge is 0.431 e. The summed E-state index contributed by atoms with van der Waals surface area (Å²) in [6.07, 6.45) is -2.01. The number of hydrogen-bond acceptors (Lipinski definition) is 8. The van der Waals surface area contributed by atoms with Gasteiger partial charge in [0.15, 0.2) is 0 Å². The highest BCUT2D eigenvalue weighted by Crippen LogP contribution is 2.24. The molecule has 2 saturated heterocycles. The standard InChI is InChI=1S/C12H13N3O8/c1-13-12(21)23-15-9(18)4-6(11(15)20)5-10(19)22-14-7(16)2-3-8(14)17/h6H,2-5H2,1H3,(H,13,21). The molecule has 11 heteroatoms. The van der Waals surface area contributed by atoms with Crippen molar-refractivity contribution in [2.24, 2.45) is 5.92 Å². The molecule has 1 atom stereocenters. The maximum absolute atomic E-state index is 11.9. The summed E-state index contributed by atoms with van der Waals surface area (Å²) in [5, 5.41) is 2.68. The molecule has 1 N–H and O–H groups in total. The minimum atomic E-state index is -1.09. The average molecular weight is 327 g/mol. The molecule has 1 unspecified atom stereocenters. The quantitative estimate of drug-likeness (QED) is 0.624. The van der Waals surface area contributed by atoms with Crippen molar-refractivity contribution in [1.29, 1.82) is 0 Å². The van der Waals surface area contributed by atoms with Crippen LogP contribution in [0.5, 0.6) is 0 Å². The fourth-order valence-electron chi connectivity index (χ4n) is 2.05. The molecule has 0 radical (unpaired) electrons. The zero-order chi connectivity index (χ0) is 17.1. The van der Waals surface area contributed by atoms with Crippen molar-refractivity contribution in [3.05, 3.63) is 0 Å². The molecule has 0 aromatic heterocycles. The Morgan fingerprint density at radius 2 is 1.65 bits per heavy atom. The van der Waals surface area contributed by atoms with E-state index in [4.69, 9.17) is 0 Å². The fourth-order valence-corrected chi connectivity index (χ4v) is 2.05. The van der Waals surface area contributed by atoms with Crippen molar-refractivity contribution in [1.82, 2.24) is 15.4 Å². The highest BCUT2D eigenvalue weighted by Gasteiger charge is 2.43. The number of nitrogens with zero attached hydrogens (tertiary/aromatic N) is 2. The van der Waals surface area contributed by atoms with Crippen molar-refractivity contribution in [2.45, 2.75) is 25.7 Å². The summed E-state index contributed by atoms with van der Waals surface area (Å²) >= 11 is 0. The van der Waals surface area contributed by atoms with Crippen LogP contribution in [0.3, 0.4) is 0 Å². The number of amides is 5. The number of carbonyl (C=O) groups is 6. The van der Waals surface area contributed by atoms with E-state index < -0.39 is 48.0 Å². The number of carbonyl (C=O) groups excluding carboxylic acids is 6. The van der Waals surface area contributed by atoms with E-state index in [1.165, 1.54) is 7.05 Å². The first-order valence-electron chi connectivity index (χ1n) is 6.66. The Labute approximate surface area is 129 Å². The highest BCUT2D eigenvalue weighted by atomic mass is 16.7. The first kappa shape index (κ1) is 16.4. The third-order valence-electron chi connectivity index (χ3n) is 3.19. The molecule has 23 heavy (non-hydrogen) atoms. The van der Waals surface area contributed by atoms with E-state index in [9.17, 15) is 28.8 Å². The summed E-state index contributed by atoms with van der Waals surface area (Å²) in [7, 11) is 1.24. The fraction of sp³-hybridized carbons (Fsp3) is 0.500. The van der Waals surface area contributed by atoms with E-state index in [1.807, 2.05) is 0 Å². The number of nitrogens with one attached hydrogen (secondary N) is 1. The molecular weight excluding hydrogens is 314 g/mol. The van der Waals surface area contributed by atoms with E-state index in [0.717, 1.165) is 0 Å². The summed E-state index contributed by atoms with van der Waals surface area (Å²) in [5.74, 6) is -5.07. The Bertz CT molecular complexity index is 585. The second-order valence-electron chi connectivity index (χ2n) is 4.81. The van der Waals surface area contributed by atoms with Gasteiger partial charge in [0.05, 0.1) is 12.3 Å². The van der Waals surface area contributed by atoms with Crippen LogP contribution in [0.2, 0.25) is 0 Å². The second kappa shape index (κ2) is 6.42. The SMILES string of the molecule is CNC(=O)ON1C(=O)CC(CC(=O)ON2C(=O)CCC2=O)C1=O. The molecule has 2 heterocycles. The van der Waals surface area contributed by atoms with Crippen molar-refractivity contribution in [3.63, 3.8) is 0 Å². The first-order chi connectivity index (χ1) is 10.8. The Balaban J connectivity index is 1.93. The normalized spacial score (nSPS) is 21.0. The molecule has 0 aromatic carbocycles. The number of rotatable bonds is 4. The van der Waals surface area contributed by atoms with Crippen LogP contribution in [-0.4, -0.2) is 52.9 Å². The van der Waals surface area contributed by atoms with Gasteiger partial charge in [0.1, 0.15) is 0 Å². The van der Waals surface area contributed by atoms with Crippen LogP contribution in [0.25, 0.3) is 0 Å². The predicted molar refractivity (Wildman–Crippen MR) is 67.3 cm³/mol. The summed E-state index contributed by atoms with van der Waals surface area (Å²) in [4.78, 5) is 78.0. The summed E-state index contributed by atoms with van der Waals surface area (Å²) in [6, 6.07) is 0. The molecule has 2 aliphatic rings. The van der Waals surface area contributed by atoms with Crippen molar-refractivity contribution >= 4 is 35.7 Å². The molecule has 5 amide bonds. The molecule has 2 fully saturated rings. The van der Waals surface area contributed by atoms with E-state index >= 15 is 0 Å². The molecule has 2 aliphatic heterocycles. The number of hydrogen-bond donors (Lipinski definition) is 1. The van der Waals surface area contributed by atoms with Gasteiger partial charge in [-0.05, 0) is 0 Å². The summed E-state index contributed by atoms with van der Waals surface area (Å²) < 4.78 is 0. The minimum Gasteiger partial charge on any atom is -0.330 e. The second-order valence-corrected chi connectivity index (χ2v) is 4.81. The Morgan fingerprint density at radius 3 is 2.22 bits per heavy atom. The zero-order valence-corrected chi connectivity index (χ0v) is 12.1. The van der Waals surface area contributed by atoms with Gasteiger partial charge in [-0.25, -0.2) is 9.59 Å². The smallest absolute Gasteiger partial charge is 0.330 e.